The van der Waals surface area contributed by atoms with Crippen LogP contribution in [-0.4, -0.2) is 45.9 Å². The van der Waals surface area contributed by atoms with E-state index in [9.17, 15) is 21.6 Å². The molecule has 1 N–H and O–H groups in total. The molecule has 2 atom stereocenters. The minimum absolute atomic E-state index is 0. The lowest BCUT2D eigenvalue weighted by Gasteiger charge is -2.23. The molecule has 150 valence electrons. The highest BCUT2D eigenvalue weighted by Crippen LogP contribution is 2.35. The summed E-state index contributed by atoms with van der Waals surface area (Å²) in [5.74, 6) is -2.94. The summed E-state index contributed by atoms with van der Waals surface area (Å²) in [5, 5.41) is 3.25. The second-order valence-electron chi connectivity index (χ2n) is 6.55. The van der Waals surface area contributed by atoms with E-state index in [4.69, 9.17) is 4.74 Å². The van der Waals surface area contributed by atoms with Crippen LogP contribution in [0.3, 0.4) is 0 Å². The first-order valence-electron chi connectivity index (χ1n) is 8.31. The number of hydrogen-bond acceptors (Lipinski definition) is 4. The van der Waals surface area contributed by atoms with Gasteiger partial charge in [0, 0.05) is 26.0 Å². The predicted molar refractivity (Wildman–Crippen MR) is 97.5 cm³/mol. The normalized spacial score (nSPS) is 19.6. The van der Waals surface area contributed by atoms with E-state index in [1.165, 1.54) is 12.1 Å². The Morgan fingerprint density at radius 1 is 1.23 bits per heavy atom. The highest BCUT2D eigenvalue weighted by Gasteiger charge is 2.42. The first-order valence-corrected chi connectivity index (χ1v) is 10.4. The first kappa shape index (κ1) is 23.2. The first-order chi connectivity index (χ1) is 11.6. The summed E-state index contributed by atoms with van der Waals surface area (Å²) < 4.78 is 67.7. The Hall–Kier alpha value is -0.830. The molecule has 4 nitrogen and oxygen atoms in total. The van der Waals surface area contributed by atoms with Gasteiger partial charge >= 0.3 is 6.18 Å². The highest BCUT2D eigenvalue weighted by molar-refractivity contribution is 7.90. The van der Waals surface area contributed by atoms with E-state index in [-0.39, 0.29) is 24.1 Å². The molecule has 1 saturated heterocycles. The van der Waals surface area contributed by atoms with Gasteiger partial charge in [-0.2, -0.15) is 13.2 Å². The van der Waals surface area contributed by atoms with Gasteiger partial charge in [-0.25, -0.2) is 8.42 Å². The molecule has 0 bridgehead atoms. The Labute approximate surface area is 158 Å². The van der Waals surface area contributed by atoms with E-state index in [1.54, 1.807) is 12.1 Å². The molecule has 1 unspecified atom stereocenters. The zero-order chi connectivity index (χ0) is 18.5. The van der Waals surface area contributed by atoms with Crippen LogP contribution in [0.5, 0.6) is 0 Å². The number of alkyl halides is 3. The molecule has 2 rings (SSSR count). The molecule has 0 radical (unpaired) electrons. The van der Waals surface area contributed by atoms with Crippen LogP contribution in [0.15, 0.2) is 24.3 Å². The fourth-order valence-corrected chi connectivity index (χ4v) is 3.88. The van der Waals surface area contributed by atoms with Gasteiger partial charge < -0.3 is 10.1 Å². The van der Waals surface area contributed by atoms with Crippen LogP contribution < -0.4 is 5.32 Å². The van der Waals surface area contributed by atoms with Crippen molar-refractivity contribution in [2.24, 2.45) is 0 Å². The number of nitrogens with one attached hydrogen (secondary N) is 1. The van der Waals surface area contributed by atoms with Crippen LogP contribution in [0.2, 0.25) is 0 Å². The SMILES string of the molecule is CS(=O)(=O)C[C@@H](c1ccc(CNCC2CCCCO2)cc1)C(F)(F)F.Cl. The molecule has 1 aromatic carbocycles. The van der Waals surface area contributed by atoms with Crippen LogP contribution in [0, 0.1) is 0 Å². The number of rotatable bonds is 7. The summed E-state index contributed by atoms with van der Waals surface area (Å²) in [6.45, 7) is 2.02. The molecule has 0 aliphatic carbocycles. The fourth-order valence-electron chi connectivity index (χ4n) is 2.90. The highest BCUT2D eigenvalue weighted by atomic mass is 35.5. The maximum absolute atomic E-state index is 13.2. The van der Waals surface area contributed by atoms with Gasteiger partial charge in [0.1, 0.15) is 9.84 Å². The quantitative estimate of drug-likeness (QED) is 0.741. The van der Waals surface area contributed by atoms with Gasteiger partial charge in [-0.1, -0.05) is 24.3 Å². The van der Waals surface area contributed by atoms with Crippen molar-refractivity contribution in [3.8, 4) is 0 Å². The van der Waals surface area contributed by atoms with Crippen molar-refractivity contribution < 1.29 is 26.3 Å². The van der Waals surface area contributed by atoms with Crippen molar-refractivity contribution in [3.63, 3.8) is 0 Å². The third-order valence-corrected chi connectivity index (χ3v) is 5.16. The van der Waals surface area contributed by atoms with Crippen molar-refractivity contribution >= 4 is 22.2 Å². The summed E-state index contributed by atoms with van der Waals surface area (Å²) in [5.41, 5.74) is 0.817. The van der Waals surface area contributed by atoms with Gasteiger partial charge in [0.15, 0.2) is 0 Å². The van der Waals surface area contributed by atoms with Gasteiger partial charge in [-0.15, -0.1) is 12.4 Å². The van der Waals surface area contributed by atoms with E-state index < -0.39 is 27.7 Å². The van der Waals surface area contributed by atoms with Crippen molar-refractivity contribution in [1.29, 1.82) is 0 Å². The van der Waals surface area contributed by atoms with Gasteiger partial charge in [0.25, 0.3) is 0 Å². The molecule has 0 aromatic heterocycles. The lowest BCUT2D eigenvalue weighted by Crippen LogP contribution is -2.31. The molecule has 1 heterocycles. The Morgan fingerprint density at radius 3 is 2.38 bits per heavy atom. The molecule has 1 aliphatic rings. The maximum atomic E-state index is 13.2. The van der Waals surface area contributed by atoms with Gasteiger partial charge in [0.2, 0.25) is 0 Å². The van der Waals surface area contributed by atoms with E-state index in [2.05, 4.69) is 5.32 Å². The van der Waals surface area contributed by atoms with Gasteiger partial charge in [-0.05, 0) is 30.4 Å². The molecular formula is C17H25ClF3NO3S. The molecule has 9 heteroatoms. The average Bonchev–Trinajstić information content (AvgIpc) is 2.53. The minimum Gasteiger partial charge on any atom is -0.377 e. The third-order valence-electron chi connectivity index (χ3n) is 4.22. The Bertz CT molecular complexity index is 644. The van der Waals surface area contributed by atoms with Gasteiger partial charge in [0.05, 0.1) is 17.8 Å². The summed E-state index contributed by atoms with van der Waals surface area (Å²) >= 11 is 0. The van der Waals surface area contributed by atoms with Crippen molar-refractivity contribution in [2.45, 2.75) is 44.0 Å². The molecule has 1 fully saturated rings. The summed E-state index contributed by atoms with van der Waals surface area (Å²) in [7, 11) is -3.74. The molecule has 0 saturated carbocycles. The minimum atomic E-state index is -4.60. The molecule has 1 aliphatic heterocycles. The van der Waals surface area contributed by atoms with Crippen molar-refractivity contribution in [3.05, 3.63) is 35.4 Å². The van der Waals surface area contributed by atoms with Crippen LogP contribution in [-0.2, 0) is 21.1 Å². The summed E-state index contributed by atoms with van der Waals surface area (Å²) in [6, 6.07) is 5.92. The van der Waals surface area contributed by atoms with Crippen LogP contribution >= 0.6 is 12.4 Å². The Kier molecular flexibility index (Phi) is 8.85. The largest absolute Gasteiger partial charge is 0.396 e. The number of sulfone groups is 1. The van der Waals surface area contributed by atoms with E-state index >= 15 is 0 Å². The van der Waals surface area contributed by atoms with Crippen LogP contribution in [0.4, 0.5) is 13.2 Å². The zero-order valence-electron chi connectivity index (χ0n) is 14.6. The van der Waals surface area contributed by atoms with E-state index in [0.29, 0.717) is 13.1 Å². The smallest absolute Gasteiger partial charge is 0.377 e. The zero-order valence-corrected chi connectivity index (χ0v) is 16.2. The molecule has 1 aromatic rings. The second-order valence-corrected chi connectivity index (χ2v) is 8.73. The lowest BCUT2D eigenvalue weighted by atomic mass is 9.99. The van der Waals surface area contributed by atoms with E-state index in [1.807, 2.05) is 0 Å². The van der Waals surface area contributed by atoms with E-state index in [0.717, 1.165) is 37.7 Å². The van der Waals surface area contributed by atoms with Crippen molar-refractivity contribution in [2.75, 3.05) is 25.2 Å². The van der Waals surface area contributed by atoms with Gasteiger partial charge in [-0.3, -0.25) is 0 Å². The number of halogens is 4. The number of hydrogen-bond donors (Lipinski definition) is 1. The Balaban J connectivity index is 0.00000338. The molecule has 0 spiro atoms. The van der Waals surface area contributed by atoms with Crippen LogP contribution in [0.25, 0.3) is 0 Å². The molecule has 26 heavy (non-hydrogen) atoms. The number of benzene rings is 1. The summed E-state index contributed by atoms with van der Waals surface area (Å²) in [6.07, 6.45) is -0.327. The fraction of sp³-hybridized carbons (Fsp3) is 0.647. The number of ether oxygens (including phenoxy) is 1. The second kappa shape index (κ2) is 9.92. The predicted octanol–water partition coefficient (Wildman–Crippen LogP) is 3.46. The molecular weight excluding hydrogens is 391 g/mol. The Morgan fingerprint density at radius 2 is 1.88 bits per heavy atom. The summed E-state index contributed by atoms with van der Waals surface area (Å²) in [4.78, 5) is 0. The standard InChI is InChI=1S/C17H24F3NO3S.ClH/c1-25(22,23)12-16(17(18,19)20)14-7-5-13(6-8-14)10-21-11-15-4-2-3-9-24-15;/h5-8,15-16,21H,2-4,9-12H2,1H3;1H/t15?,16-;/m0./s1. The molecule has 0 amide bonds. The lowest BCUT2D eigenvalue weighted by molar-refractivity contribution is -0.145. The monoisotopic (exact) mass is 415 g/mol. The van der Waals surface area contributed by atoms with Crippen molar-refractivity contribution in [1.82, 2.24) is 5.32 Å². The van der Waals surface area contributed by atoms with Crippen LogP contribution in [0.1, 0.15) is 36.3 Å². The topological polar surface area (TPSA) is 55.4 Å². The third kappa shape index (κ3) is 7.82. The average molecular weight is 416 g/mol. The maximum Gasteiger partial charge on any atom is 0.396 e.